The molecule has 1 aromatic heterocycles. The number of amides is 2. The lowest BCUT2D eigenvalue weighted by molar-refractivity contribution is -0.135. The van der Waals surface area contributed by atoms with E-state index in [1.807, 2.05) is 24.3 Å². The summed E-state index contributed by atoms with van der Waals surface area (Å²) in [4.78, 5) is 31.9. The second kappa shape index (κ2) is 12.7. The van der Waals surface area contributed by atoms with E-state index >= 15 is 0 Å². The highest BCUT2D eigenvalue weighted by molar-refractivity contribution is 7.89. The Hall–Kier alpha value is -3.58. The molecule has 0 bridgehead atoms. The van der Waals surface area contributed by atoms with Crippen LogP contribution >= 0.6 is 0 Å². The molecule has 2 aliphatic rings. The number of para-hydroxylation sites is 1. The zero-order valence-corrected chi connectivity index (χ0v) is 24.6. The summed E-state index contributed by atoms with van der Waals surface area (Å²) >= 11 is 0. The summed E-state index contributed by atoms with van der Waals surface area (Å²) < 4.78 is 32.4. The molecular weight excluding hydrogens is 558 g/mol. The van der Waals surface area contributed by atoms with Crippen LogP contribution in [0.15, 0.2) is 54.6 Å². The summed E-state index contributed by atoms with van der Waals surface area (Å²) in [5.74, 6) is 0.0900. The van der Waals surface area contributed by atoms with Crippen LogP contribution in [0.4, 0.5) is 0 Å². The maximum atomic E-state index is 12.9. The molecule has 1 saturated heterocycles. The molecule has 42 heavy (non-hydrogen) atoms. The minimum absolute atomic E-state index is 0.0567. The van der Waals surface area contributed by atoms with Gasteiger partial charge in [0.25, 0.3) is 11.8 Å². The van der Waals surface area contributed by atoms with Gasteiger partial charge in [0.2, 0.25) is 10.0 Å². The molecule has 0 radical (unpaired) electrons. The highest BCUT2D eigenvalue weighted by Gasteiger charge is 2.34. The Balaban J connectivity index is 1.17. The van der Waals surface area contributed by atoms with Crippen LogP contribution in [-0.2, 0) is 21.4 Å². The van der Waals surface area contributed by atoms with Gasteiger partial charge in [-0.05, 0) is 63.1 Å². The number of benzene rings is 2. The topological polar surface area (TPSA) is 141 Å². The maximum absolute atomic E-state index is 12.9. The number of carbonyl (C=O) groups is 2. The van der Waals surface area contributed by atoms with Crippen LogP contribution in [0.3, 0.4) is 0 Å². The van der Waals surface area contributed by atoms with Crippen molar-refractivity contribution in [1.82, 2.24) is 25.0 Å². The van der Waals surface area contributed by atoms with Crippen molar-refractivity contribution in [3.8, 4) is 5.75 Å². The zero-order valence-electron chi connectivity index (χ0n) is 23.8. The van der Waals surface area contributed by atoms with Crippen LogP contribution in [-0.4, -0.2) is 83.6 Å². The van der Waals surface area contributed by atoms with E-state index in [-0.39, 0.29) is 25.5 Å². The molecule has 5 rings (SSSR count). The van der Waals surface area contributed by atoms with Gasteiger partial charge >= 0.3 is 0 Å². The highest BCUT2D eigenvalue weighted by Crippen LogP contribution is 2.40. The number of fused-ring (bicyclic) bond motifs is 1. The fourth-order valence-corrected chi connectivity index (χ4v) is 6.43. The third-order valence-electron chi connectivity index (χ3n) is 7.87. The Labute approximate surface area is 245 Å². The molecule has 2 heterocycles. The summed E-state index contributed by atoms with van der Waals surface area (Å²) in [6.45, 7) is 4.61. The number of piperazine rings is 1. The van der Waals surface area contributed by atoms with E-state index in [1.54, 1.807) is 48.5 Å². The molecule has 1 saturated carbocycles. The van der Waals surface area contributed by atoms with Gasteiger partial charge in [0.1, 0.15) is 18.4 Å². The average molecular weight is 596 g/mol. The molecule has 1 aliphatic carbocycles. The van der Waals surface area contributed by atoms with Gasteiger partial charge in [-0.1, -0.05) is 18.2 Å². The van der Waals surface area contributed by atoms with Crippen molar-refractivity contribution >= 4 is 32.7 Å². The number of hydrogen-bond acceptors (Lipinski definition) is 8. The lowest BCUT2D eigenvalue weighted by Crippen LogP contribution is -2.59. The lowest BCUT2D eigenvalue weighted by Gasteiger charge is -2.38. The van der Waals surface area contributed by atoms with E-state index in [4.69, 9.17) is 9.72 Å². The number of rotatable bonds is 11. The maximum Gasteiger partial charge on any atom is 0.262 e. The van der Waals surface area contributed by atoms with Crippen molar-refractivity contribution in [3.05, 3.63) is 71.4 Å². The number of hydrogen-bond donors (Lipinski definition) is 3. The number of hydroxylamine groups is 1. The smallest absolute Gasteiger partial charge is 0.262 e. The van der Waals surface area contributed by atoms with Crippen LogP contribution < -0.4 is 15.5 Å². The van der Waals surface area contributed by atoms with Crippen molar-refractivity contribution in [2.45, 2.75) is 50.5 Å². The predicted octanol–water partition coefficient (Wildman–Crippen LogP) is 2.65. The minimum atomic E-state index is -3.40. The molecule has 3 N–H and O–H groups in total. The second-order valence-corrected chi connectivity index (χ2v) is 13.5. The van der Waals surface area contributed by atoms with Crippen LogP contribution in [0, 0.1) is 0 Å². The average Bonchev–Trinajstić information content (AvgIpc) is 3.86. The fourth-order valence-electron chi connectivity index (χ4n) is 5.16. The predicted molar refractivity (Wildman–Crippen MR) is 158 cm³/mol. The molecule has 0 spiro atoms. The van der Waals surface area contributed by atoms with Crippen LogP contribution in [0.5, 0.6) is 5.75 Å². The van der Waals surface area contributed by atoms with Crippen molar-refractivity contribution in [3.63, 3.8) is 0 Å². The lowest BCUT2D eigenvalue weighted by atomic mass is 10.1. The van der Waals surface area contributed by atoms with Crippen molar-refractivity contribution in [1.29, 1.82) is 0 Å². The van der Waals surface area contributed by atoms with E-state index in [0.29, 0.717) is 36.9 Å². The summed E-state index contributed by atoms with van der Waals surface area (Å²) in [5.41, 5.74) is 5.19. The fraction of sp³-hybridized carbons (Fsp3) is 0.433. The number of nitrogens with zero attached hydrogens (tertiary/aromatic N) is 3. The number of aromatic nitrogens is 1. The van der Waals surface area contributed by atoms with Gasteiger partial charge in [-0.25, -0.2) is 13.9 Å². The van der Waals surface area contributed by atoms with Gasteiger partial charge in [0.15, 0.2) is 0 Å². The molecular formula is C30H37N5O6S. The second-order valence-electron chi connectivity index (χ2n) is 11.0. The monoisotopic (exact) mass is 595 g/mol. The molecule has 2 aromatic carbocycles. The Morgan fingerprint density at radius 2 is 1.74 bits per heavy atom. The van der Waals surface area contributed by atoms with E-state index in [2.05, 4.69) is 11.4 Å². The minimum Gasteiger partial charge on any atom is -0.489 e. The highest BCUT2D eigenvalue weighted by atomic mass is 32.2. The van der Waals surface area contributed by atoms with Crippen LogP contribution in [0.25, 0.3) is 10.9 Å². The Morgan fingerprint density at radius 3 is 2.38 bits per heavy atom. The first-order valence-corrected chi connectivity index (χ1v) is 15.7. The quantitative estimate of drug-likeness (QED) is 0.227. The molecule has 2 fully saturated rings. The summed E-state index contributed by atoms with van der Waals surface area (Å²) in [6, 6.07) is 16.1. The third kappa shape index (κ3) is 6.73. The van der Waals surface area contributed by atoms with Crippen molar-refractivity contribution < 1.29 is 28.0 Å². The number of carbonyl (C=O) groups excluding carboxylic acids is 2. The zero-order chi connectivity index (χ0) is 29.9. The summed E-state index contributed by atoms with van der Waals surface area (Å²) in [5, 5.41) is 12.6. The largest absolute Gasteiger partial charge is 0.489 e. The molecule has 11 nitrogen and oxygen atoms in total. The van der Waals surface area contributed by atoms with Gasteiger partial charge in [-0.15, -0.1) is 0 Å². The Kier molecular flexibility index (Phi) is 9.07. The first kappa shape index (κ1) is 29.9. The van der Waals surface area contributed by atoms with Gasteiger partial charge in [-0.3, -0.25) is 24.7 Å². The van der Waals surface area contributed by atoms with Crippen molar-refractivity contribution in [2.24, 2.45) is 0 Å². The standard InChI is InChI=1S/C30H37N5O6S/c1-20(2)42(39,40)35-15-13-34(14-16-35)28(30(37)33-38)18-31-29(36)22-9-11-24(12-10-22)41-19-23-17-27(21-7-8-21)32-26-6-4-3-5-25(23)26/h3-6,9-12,17,20-21,28,38H,7-8,13-16,18-19H2,1-2H3,(H,31,36)(H,33,37)/t28-/m0/s1. The van der Waals surface area contributed by atoms with Gasteiger partial charge in [0, 0.05) is 60.8 Å². The van der Waals surface area contributed by atoms with Crippen LogP contribution in [0.1, 0.15) is 54.2 Å². The number of pyridine rings is 1. The van der Waals surface area contributed by atoms with Crippen LogP contribution in [0.2, 0.25) is 0 Å². The third-order valence-corrected chi connectivity index (χ3v) is 10.1. The molecule has 224 valence electrons. The van der Waals surface area contributed by atoms with E-state index in [1.165, 1.54) is 17.1 Å². The normalized spacial score (nSPS) is 17.2. The number of nitrogens with one attached hydrogen (secondary N) is 2. The van der Waals surface area contributed by atoms with Gasteiger partial charge in [-0.2, -0.15) is 4.31 Å². The SMILES string of the molecule is CC(C)S(=O)(=O)N1CCN([C@@H](CNC(=O)c2ccc(OCc3cc(C4CC4)nc4ccccc34)cc2)C(=O)NO)CC1. The summed E-state index contributed by atoms with van der Waals surface area (Å²) in [7, 11) is -3.40. The first-order chi connectivity index (χ1) is 20.2. The molecule has 0 unspecified atom stereocenters. The number of sulfonamides is 1. The summed E-state index contributed by atoms with van der Waals surface area (Å²) in [6.07, 6.45) is 2.33. The molecule has 1 aliphatic heterocycles. The first-order valence-electron chi connectivity index (χ1n) is 14.2. The number of ether oxygens (including phenoxy) is 1. The Morgan fingerprint density at radius 1 is 1.05 bits per heavy atom. The van der Waals surface area contributed by atoms with Gasteiger partial charge in [0.05, 0.1) is 10.8 Å². The molecule has 12 heteroatoms. The Bertz CT molecular complexity index is 1530. The molecule has 3 aromatic rings. The van der Waals surface area contributed by atoms with E-state index in [0.717, 1.165) is 22.2 Å². The van der Waals surface area contributed by atoms with Gasteiger partial charge < -0.3 is 10.1 Å². The molecule has 1 atom stereocenters. The molecule has 2 amide bonds. The van der Waals surface area contributed by atoms with E-state index in [9.17, 15) is 23.2 Å². The van der Waals surface area contributed by atoms with E-state index < -0.39 is 27.2 Å². The van der Waals surface area contributed by atoms with Crippen molar-refractivity contribution in [2.75, 3.05) is 32.7 Å².